The summed E-state index contributed by atoms with van der Waals surface area (Å²) in [7, 11) is 0. The Kier molecular flexibility index (Phi) is 1.51. The first-order valence-electron chi connectivity index (χ1n) is 3.36. The molecular formula is C6H12N4O. The average molecular weight is 156 g/mol. The molecular weight excluding hydrogens is 144 g/mol. The zero-order valence-electron chi connectivity index (χ0n) is 6.64. The Bertz CT molecular complexity index is 211. The summed E-state index contributed by atoms with van der Waals surface area (Å²) >= 11 is 0. The van der Waals surface area contributed by atoms with Crippen LogP contribution in [0, 0.1) is 5.41 Å². The van der Waals surface area contributed by atoms with Crippen LogP contribution in [0.4, 0.5) is 4.79 Å². The zero-order chi connectivity index (χ0) is 8.65. The minimum absolute atomic E-state index is 0.201. The summed E-state index contributed by atoms with van der Waals surface area (Å²) in [6.07, 6.45) is 0. The number of nitrogens with one attached hydrogen (secondary N) is 2. The molecule has 62 valence electrons. The van der Waals surface area contributed by atoms with Crippen molar-refractivity contribution in [2.75, 3.05) is 6.54 Å². The van der Waals surface area contributed by atoms with E-state index in [0.717, 1.165) is 0 Å². The summed E-state index contributed by atoms with van der Waals surface area (Å²) in [5, 5.41) is 9.73. The third kappa shape index (κ3) is 1.42. The molecule has 0 aromatic heterocycles. The predicted molar refractivity (Wildman–Crippen MR) is 41.2 cm³/mol. The van der Waals surface area contributed by atoms with Gasteiger partial charge >= 0.3 is 6.03 Å². The summed E-state index contributed by atoms with van der Waals surface area (Å²) in [6, 6.07) is -0.289. The molecule has 4 N–H and O–H groups in total. The van der Waals surface area contributed by atoms with Gasteiger partial charge in [0.25, 0.3) is 0 Å². The molecule has 1 fully saturated rings. The van der Waals surface area contributed by atoms with Crippen molar-refractivity contribution < 1.29 is 4.79 Å². The van der Waals surface area contributed by atoms with Crippen LogP contribution in [0.3, 0.4) is 0 Å². The van der Waals surface area contributed by atoms with Crippen molar-refractivity contribution >= 4 is 12.0 Å². The highest BCUT2D eigenvalue weighted by Crippen LogP contribution is 2.12. The molecule has 0 bridgehead atoms. The number of rotatable bonds is 0. The van der Waals surface area contributed by atoms with Gasteiger partial charge in [-0.2, -0.15) is 0 Å². The molecule has 1 heterocycles. The van der Waals surface area contributed by atoms with Gasteiger partial charge in [0.15, 0.2) is 5.96 Å². The van der Waals surface area contributed by atoms with Gasteiger partial charge in [0.2, 0.25) is 0 Å². The number of nitrogens with two attached hydrogens (primary N) is 1. The Hall–Kier alpha value is -1.26. The second kappa shape index (κ2) is 2.11. The lowest BCUT2D eigenvalue weighted by molar-refractivity contribution is 0.233. The molecule has 1 rings (SSSR count). The van der Waals surface area contributed by atoms with Gasteiger partial charge in [-0.15, -0.1) is 0 Å². The summed E-state index contributed by atoms with van der Waals surface area (Å²) in [4.78, 5) is 12.2. The minimum atomic E-state index is -0.289. The van der Waals surface area contributed by atoms with Crippen LogP contribution in [0.1, 0.15) is 13.8 Å². The van der Waals surface area contributed by atoms with Gasteiger partial charge in [0.1, 0.15) is 0 Å². The summed E-state index contributed by atoms with van der Waals surface area (Å²) in [6.45, 7) is 4.23. The second-order valence-electron chi connectivity index (χ2n) is 3.29. The van der Waals surface area contributed by atoms with Gasteiger partial charge in [0.05, 0.1) is 12.1 Å². The van der Waals surface area contributed by atoms with Crippen molar-refractivity contribution in [2.45, 2.75) is 19.4 Å². The maximum Gasteiger partial charge on any atom is 0.324 e. The van der Waals surface area contributed by atoms with Crippen molar-refractivity contribution in [2.24, 2.45) is 5.73 Å². The highest BCUT2D eigenvalue weighted by Gasteiger charge is 2.35. The molecule has 0 aliphatic carbocycles. The topological polar surface area (TPSA) is 82.2 Å². The third-order valence-electron chi connectivity index (χ3n) is 1.53. The maximum absolute atomic E-state index is 11.0. The standard InChI is InChI=1S/C6H12N4O/c1-6(2)3-10(4(7)8)5(11)9-6/h3H2,1-2H3,(H3,7,8)(H,9,11). The van der Waals surface area contributed by atoms with Crippen molar-refractivity contribution in [3.05, 3.63) is 0 Å². The van der Waals surface area contributed by atoms with Crippen LogP contribution in [-0.2, 0) is 0 Å². The summed E-state index contributed by atoms with van der Waals surface area (Å²) in [5.41, 5.74) is 4.88. The smallest absolute Gasteiger partial charge is 0.324 e. The van der Waals surface area contributed by atoms with Crippen LogP contribution in [-0.4, -0.2) is 29.0 Å². The van der Waals surface area contributed by atoms with E-state index in [1.165, 1.54) is 4.90 Å². The van der Waals surface area contributed by atoms with Gasteiger partial charge < -0.3 is 11.1 Å². The van der Waals surface area contributed by atoms with Gasteiger partial charge in [-0.05, 0) is 13.8 Å². The molecule has 0 spiro atoms. The Balaban J connectivity index is 2.74. The first-order chi connectivity index (χ1) is 4.92. The van der Waals surface area contributed by atoms with Gasteiger partial charge in [-0.1, -0.05) is 0 Å². The molecule has 0 atom stereocenters. The number of urea groups is 1. The lowest BCUT2D eigenvalue weighted by atomic mass is 10.1. The van der Waals surface area contributed by atoms with E-state index in [4.69, 9.17) is 11.1 Å². The van der Waals surface area contributed by atoms with Gasteiger partial charge in [0, 0.05) is 0 Å². The van der Waals surface area contributed by atoms with Crippen LogP contribution in [0.15, 0.2) is 0 Å². The highest BCUT2D eigenvalue weighted by atomic mass is 16.2. The van der Waals surface area contributed by atoms with E-state index >= 15 is 0 Å². The molecule has 0 aromatic carbocycles. The molecule has 1 aliphatic heterocycles. The second-order valence-corrected chi connectivity index (χ2v) is 3.29. The SMILES string of the molecule is CC1(C)CN(C(=N)N)C(=O)N1. The van der Waals surface area contributed by atoms with Crippen molar-refractivity contribution in [3.63, 3.8) is 0 Å². The van der Waals surface area contributed by atoms with Crippen molar-refractivity contribution in [3.8, 4) is 0 Å². The predicted octanol–water partition coefficient (Wildman–Crippen LogP) is -0.316. The number of carbonyl (C=O) groups excluding carboxylic acids is 1. The Morgan fingerprint density at radius 2 is 2.36 bits per heavy atom. The third-order valence-corrected chi connectivity index (χ3v) is 1.53. The molecule has 0 radical (unpaired) electrons. The van der Waals surface area contributed by atoms with Crippen LogP contribution >= 0.6 is 0 Å². The maximum atomic E-state index is 11.0. The number of hydrogen-bond acceptors (Lipinski definition) is 2. The molecule has 2 amide bonds. The largest absolute Gasteiger partial charge is 0.370 e. The normalized spacial score (nSPS) is 21.6. The highest BCUT2D eigenvalue weighted by molar-refractivity contribution is 5.95. The van der Waals surface area contributed by atoms with E-state index in [1.54, 1.807) is 0 Å². The fourth-order valence-electron chi connectivity index (χ4n) is 1.06. The van der Waals surface area contributed by atoms with E-state index < -0.39 is 0 Å². The van der Waals surface area contributed by atoms with Crippen LogP contribution in [0.2, 0.25) is 0 Å². The average Bonchev–Trinajstić information content (AvgIpc) is 2.05. The molecule has 11 heavy (non-hydrogen) atoms. The molecule has 0 aromatic rings. The van der Waals surface area contributed by atoms with Gasteiger partial charge in [-0.25, -0.2) is 4.79 Å². The van der Waals surface area contributed by atoms with E-state index in [9.17, 15) is 4.79 Å². The lowest BCUT2D eigenvalue weighted by Crippen LogP contribution is -2.38. The van der Waals surface area contributed by atoms with Gasteiger partial charge in [-0.3, -0.25) is 10.3 Å². The van der Waals surface area contributed by atoms with E-state index in [1.807, 2.05) is 13.8 Å². The van der Waals surface area contributed by atoms with Crippen LogP contribution in [0.5, 0.6) is 0 Å². The number of hydrogen-bond donors (Lipinski definition) is 3. The summed E-state index contributed by atoms with van der Waals surface area (Å²) in [5.74, 6) is -0.201. The first-order valence-corrected chi connectivity index (χ1v) is 3.36. The number of amides is 2. The van der Waals surface area contributed by atoms with E-state index in [0.29, 0.717) is 6.54 Å². The minimum Gasteiger partial charge on any atom is -0.370 e. The number of nitrogens with zero attached hydrogens (tertiary/aromatic N) is 1. The quantitative estimate of drug-likeness (QED) is 0.332. The summed E-state index contributed by atoms with van der Waals surface area (Å²) < 4.78 is 0. The lowest BCUT2D eigenvalue weighted by Gasteiger charge is -2.15. The molecule has 5 nitrogen and oxygen atoms in total. The molecule has 0 saturated carbocycles. The molecule has 1 saturated heterocycles. The molecule has 0 unspecified atom stereocenters. The van der Waals surface area contributed by atoms with E-state index in [-0.39, 0.29) is 17.5 Å². The van der Waals surface area contributed by atoms with Crippen LogP contribution < -0.4 is 11.1 Å². The van der Waals surface area contributed by atoms with Crippen molar-refractivity contribution in [1.82, 2.24) is 10.2 Å². The Labute approximate surface area is 65.1 Å². The number of guanidine groups is 1. The zero-order valence-corrected chi connectivity index (χ0v) is 6.64. The Morgan fingerprint density at radius 1 is 1.82 bits per heavy atom. The molecule has 1 aliphatic rings. The molecule has 5 heteroatoms. The number of carbonyl (C=O) groups is 1. The fourth-order valence-corrected chi connectivity index (χ4v) is 1.06. The first kappa shape index (κ1) is 7.84. The fraction of sp³-hybridized carbons (Fsp3) is 0.667. The Morgan fingerprint density at radius 3 is 2.55 bits per heavy atom. The van der Waals surface area contributed by atoms with Crippen LogP contribution in [0.25, 0.3) is 0 Å². The monoisotopic (exact) mass is 156 g/mol. The van der Waals surface area contributed by atoms with E-state index in [2.05, 4.69) is 5.32 Å². The van der Waals surface area contributed by atoms with Crippen molar-refractivity contribution in [1.29, 1.82) is 5.41 Å².